The van der Waals surface area contributed by atoms with Gasteiger partial charge < -0.3 is 9.52 Å². The number of benzene rings is 2. The van der Waals surface area contributed by atoms with Crippen molar-refractivity contribution in [1.29, 1.82) is 0 Å². The van der Waals surface area contributed by atoms with Gasteiger partial charge in [-0.05, 0) is 18.6 Å². The third-order valence-electron chi connectivity index (χ3n) is 4.15. The van der Waals surface area contributed by atoms with Gasteiger partial charge in [-0.15, -0.1) is 0 Å². The number of ketones is 1. The minimum absolute atomic E-state index is 0. The molecule has 0 saturated heterocycles. The number of carbonyl (C=O) groups is 1. The Labute approximate surface area is 176 Å². The van der Waals surface area contributed by atoms with Crippen LogP contribution in [0, 0.1) is 10.1 Å². The number of nitro benzene ring substituents is 1. The summed E-state index contributed by atoms with van der Waals surface area (Å²) in [5.74, 6) is -1.55. The van der Waals surface area contributed by atoms with Gasteiger partial charge in [-0.25, -0.2) is 4.79 Å². The van der Waals surface area contributed by atoms with Gasteiger partial charge in [-0.1, -0.05) is 36.1 Å². The molecule has 7 nitrogen and oxygen atoms in total. The zero-order valence-electron chi connectivity index (χ0n) is 14.8. The molecule has 0 bridgehead atoms. The number of carbonyl (C=O) groups excluding carboxylic acids is 1. The van der Waals surface area contributed by atoms with Crippen molar-refractivity contribution in [3.05, 3.63) is 80.2 Å². The summed E-state index contributed by atoms with van der Waals surface area (Å²) in [6.45, 7) is 1.35. The second kappa shape index (κ2) is 8.47. The normalized spacial score (nSPS) is 11.6. The van der Waals surface area contributed by atoms with E-state index in [-0.39, 0.29) is 64.0 Å². The SMILES string of the molecule is CC(=O)C[C@@H](c1ccc([N+](=O)[O-])cc1)c1c([O-])c2ccccc2oc1=O.[Na+]. The summed E-state index contributed by atoms with van der Waals surface area (Å²) in [4.78, 5) is 34.4. The summed E-state index contributed by atoms with van der Waals surface area (Å²) in [5, 5.41) is 23.9. The Morgan fingerprint density at radius 3 is 2.37 bits per heavy atom. The molecule has 0 N–H and O–H groups in total. The summed E-state index contributed by atoms with van der Waals surface area (Å²) in [6.07, 6.45) is -0.0872. The van der Waals surface area contributed by atoms with E-state index < -0.39 is 22.2 Å². The first-order valence-corrected chi connectivity index (χ1v) is 7.85. The predicted molar refractivity (Wildman–Crippen MR) is 92.2 cm³/mol. The van der Waals surface area contributed by atoms with Gasteiger partial charge in [0.25, 0.3) is 5.69 Å². The Balaban J connectivity index is 0.00000261. The molecule has 0 amide bonds. The third kappa shape index (κ3) is 4.27. The maximum atomic E-state index is 12.8. The first-order valence-electron chi connectivity index (χ1n) is 7.85. The molecule has 132 valence electrons. The first kappa shape index (κ1) is 20.8. The monoisotopic (exact) mass is 375 g/mol. The van der Waals surface area contributed by atoms with Crippen LogP contribution in [-0.4, -0.2) is 10.7 Å². The number of hydrogen-bond acceptors (Lipinski definition) is 6. The van der Waals surface area contributed by atoms with Gasteiger partial charge in [0.05, 0.1) is 4.92 Å². The van der Waals surface area contributed by atoms with Gasteiger partial charge >= 0.3 is 35.2 Å². The molecular formula is C19H14NNaO6. The van der Waals surface area contributed by atoms with Crippen molar-refractivity contribution in [2.45, 2.75) is 19.3 Å². The molecular weight excluding hydrogens is 361 g/mol. The van der Waals surface area contributed by atoms with E-state index in [1.54, 1.807) is 18.2 Å². The molecule has 0 radical (unpaired) electrons. The summed E-state index contributed by atoms with van der Waals surface area (Å²) in [7, 11) is 0. The largest absolute Gasteiger partial charge is 1.00 e. The number of nitro groups is 1. The van der Waals surface area contributed by atoms with Crippen LogP contribution < -0.4 is 40.3 Å². The van der Waals surface area contributed by atoms with Crippen LogP contribution >= 0.6 is 0 Å². The van der Waals surface area contributed by atoms with Crippen molar-refractivity contribution in [2.24, 2.45) is 0 Å². The van der Waals surface area contributed by atoms with Crippen LogP contribution in [0.25, 0.3) is 11.0 Å². The van der Waals surface area contributed by atoms with Crippen LogP contribution in [0.4, 0.5) is 5.69 Å². The van der Waals surface area contributed by atoms with Crippen molar-refractivity contribution in [1.82, 2.24) is 0 Å². The fraction of sp³-hybridized carbons (Fsp3) is 0.158. The Morgan fingerprint density at radius 1 is 1.15 bits per heavy atom. The van der Waals surface area contributed by atoms with E-state index in [0.29, 0.717) is 5.56 Å². The Kier molecular flexibility index (Phi) is 6.54. The average molecular weight is 375 g/mol. The Bertz CT molecular complexity index is 1060. The summed E-state index contributed by atoms with van der Waals surface area (Å²) in [6, 6.07) is 11.8. The third-order valence-corrected chi connectivity index (χ3v) is 4.15. The number of Topliss-reactive ketones (excluding diaryl/α,β-unsaturated/α-hetero) is 1. The van der Waals surface area contributed by atoms with E-state index >= 15 is 0 Å². The molecule has 1 aromatic heterocycles. The minimum atomic E-state index is -0.832. The van der Waals surface area contributed by atoms with E-state index in [0.717, 1.165) is 0 Å². The maximum Gasteiger partial charge on any atom is 1.00 e. The zero-order chi connectivity index (χ0) is 18.8. The van der Waals surface area contributed by atoms with Gasteiger partial charge in [0.2, 0.25) is 0 Å². The molecule has 0 aliphatic rings. The van der Waals surface area contributed by atoms with Crippen LogP contribution in [0.15, 0.2) is 57.7 Å². The van der Waals surface area contributed by atoms with E-state index in [1.165, 1.54) is 37.3 Å². The average Bonchev–Trinajstić information content (AvgIpc) is 2.60. The summed E-state index contributed by atoms with van der Waals surface area (Å²) >= 11 is 0. The van der Waals surface area contributed by atoms with Gasteiger partial charge in [-0.3, -0.25) is 14.9 Å². The summed E-state index contributed by atoms with van der Waals surface area (Å²) < 4.78 is 5.24. The number of fused-ring (bicyclic) bond motifs is 1. The fourth-order valence-electron chi connectivity index (χ4n) is 2.94. The molecule has 3 rings (SSSR count). The van der Waals surface area contributed by atoms with Crippen LogP contribution in [0.5, 0.6) is 5.75 Å². The van der Waals surface area contributed by atoms with E-state index in [9.17, 15) is 24.8 Å². The molecule has 0 aliphatic heterocycles. The minimum Gasteiger partial charge on any atom is -0.872 e. The molecule has 0 fully saturated rings. The summed E-state index contributed by atoms with van der Waals surface area (Å²) in [5.41, 5.74) is -0.434. The van der Waals surface area contributed by atoms with Gasteiger partial charge in [0.1, 0.15) is 11.4 Å². The number of hydrogen-bond donors (Lipinski definition) is 0. The van der Waals surface area contributed by atoms with Crippen molar-refractivity contribution in [3.63, 3.8) is 0 Å². The van der Waals surface area contributed by atoms with Crippen LogP contribution in [0.3, 0.4) is 0 Å². The molecule has 1 atom stereocenters. The molecule has 3 aromatic rings. The molecule has 2 aromatic carbocycles. The second-order valence-corrected chi connectivity index (χ2v) is 5.94. The van der Waals surface area contributed by atoms with Crippen molar-refractivity contribution >= 4 is 22.4 Å². The number of nitrogens with zero attached hydrogens (tertiary/aromatic N) is 1. The topological polar surface area (TPSA) is 113 Å². The molecule has 0 unspecified atom stereocenters. The van der Waals surface area contributed by atoms with Gasteiger partial charge in [-0.2, -0.15) is 0 Å². The fourth-order valence-corrected chi connectivity index (χ4v) is 2.94. The first-order chi connectivity index (χ1) is 12.4. The van der Waals surface area contributed by atoms with Crippen molar-refractivity contribution in [2.75, 3.05) is 0 Å². The molecule has 0 aliphatic carbocycles. The van der Waals surface area contributed by atoms with Gasteiger partial charge in [0, 0.05) is 35.4 Å². The standard InChI is InChI=1S/C19H15NO6.Na/c1-11(21)10-15(12-6-8-13(9-7-12)20(24)25)17-18(22)14-4-2-3-5-16(14)26-19(17)23;/h2-9,15,22H,10H2,1H3;/q;+1/p-1/t15-;/m0./s1. The smallest absolute Gasteiger partial charge is 0.872 e. The molecule has 1 heterocycles. The van der Waals surface area contributed by atoms with E-state index in [4.69, 9.17) is 4.42 Å². The zero-order valence-corrected chi connectivity index (χ0v) is 16.8. The predicted octanol–water partition coefficient (Wildman–Crippen LogP) is -0.110. The molecule has 27 heavy (non-hydrogen) atoms. The Morgan fingerprint density at radius 2 is 1.78 bits per heavy atom. The van der Waals surface area contributed by atoms with Crippen LogP contribution in [0.1, 0.15) is 30.4 Å². The quantitative estimate of drug-likeness (QED) is 0.266. The molecule has 8 heteroatoms. The Hall–Kier alpha value is -2.48. The van der Waals surface area contributed by atoms with Crippen LogP contribution in [0.2, 0.25) is 0 Å². The number of rotatable bonds is 5. The van der Waals surface area contributed by atoms with Crippen molar-refractivity contribution < 1.29 is 48.8 Å². The van der Waals surface area contributed by atoms with Crippen LogP contribution in [-0.2, 0) is 4.79 Å². The van der Waals surface area contributed by atoms with E-state index in [2.05, 4.69) is 0 Å². The molecule has 0 saturated carbocycles. The number of para-hydroxylation sites is 1. The van der Waals surface area contributed by atoms with E-state index in [1.807, 2.05) is 0 Å². The maximum absolute atomic E-state index is 12.8. The number of non-ortho nitro benzene ring substituents is 1. The van der Waals surface area contributed by atoms with Crippen molar-refractivity contribution in [3.8, 4) is 5.75 Å². The molecule has 0 spiro atoms. The van der Waals surface area contributed by atoms with Gasteiger partial charge in [0.15, 0.2) is 0 Å². The second-order valence-electron chi connectivity index (χ2n) is 5.94.